The van der Waals surface area contributed by atoms with E-state index in [1.54, 1.807) is 0 Å². The smallest absolute Gasteiger partial charge is 0.390 e. The summed E-state index contributed by atoms with van der Waals surface area (Å²) in [6, 6.07) is 5.72. The Morgan fingerprint density at radius 3 is 2.63 bits per heavy atom. The maximum Gasteiger partial charge on any atom is 0.416 e. The molecule has 158 valence electrons. The van der Waals surface area contributed by atoms with Crippen LogP contribution >= 0.6 is 0 Å². The van der Waals surface area contributed by atoms with Crippen LogP contribution in [0.15, 0.2) is 49.1 Å². The van der Waals surface area contributed by atoms with Gasteiger partial charge in [-0.15, -0.1) is 0 Å². The monoisotopic (exact) mass is 426 g/mol. The van der Waals surface area contributed by atoms with Gasteiger partial charge in [0.05, 0.1) is 29.8 Å². The molecule has 0 aliphatic carbocycles. The summed E-state index contributed by atoms with van der Waals surface area (Å²) < 4.78 is 65.9. The quantitative estimate of drug-likeness (QED) is 0.584. The third-order valence-corrected chi connectivity index (χ3v) is 4.15. The molecular formula is C19H15F5N4O2. The van der Waals surface area contributed by atoms with Crippen molar-refractivity contribution in [2.45, 2.75) is 25.8 Å². The summed E-state index contributed by atoms with van der Waals surface area (Å²) in [5.74, 6) is -0.671. The fraction of sp³-hybridized carbons (Fsp3) is 0.211. The van der Waals surface area contributed by atoms with Crippen LogP contribution < -0.4 is 5.32 Å². The Morgan fingerprint density at radius 1 is 1.20 bits per heavy atom. The highest BCUT2D eigenvalue weighted by Gasteiger charge is 2.30. The first kappa shape index (κ1) is 21.4. The molecule has 0 fully saturated rings. The van der Waals surface area contributed by atoms with Crippen molar-refractivity contribution in [1.82, 2.24) is 14.5 Å². The minimum atomic E-state index is -4.46. The van der Waals surface area contributed by atoms with E-state index in [1.165, 1.54) is 29.2 Å². The van der Waals surface area contributed by atoms with Gasteiger partial charge in [0.25, 0.3) is 12.3 Å². The molecule has 0 aliphatic rings. The van der Waals surface area contributed by atoms with Crippen LogP contribution in [0.2, 0.25) is 0 Å². The maximum absolute atomic E-state index is 13.0. The van der Waals surface area contributed by atoms with Crippen LogP contribution in [0, 0.1) is 0 Å². The molecule has 1 aromatic carbocycles. The number of alkyl halides is 5. The number of rotatable bonds is 6. The second kappa shape index (κ2) is 8.57. The van der Waals surface area contributed by atoms with Gasteiger partial charge in [-0.25, -0.2) is 13.8 Å². The number of benzene rings is 1. The molecule has 3 rings (SSSR count). The summed E-state index contributed by atoms with van der Waals surface area (Å²) >= 11 is 0. The summed E-state index contributed by atoms with van der Waals surface area (Å²) in [7, 11) is 0. The number of hydrogen-bond acceptors (Lipinski definition) is 4. The molecule has 0 aliphatic heterocycles. The number of nitrogens with one attached hydrogen (secondary N) is 1. The number of halogens is 5. The van der Waals surface area contributed by atoms with Crippen molar-refractivity contribution >= 4 is 11.7 Å². The summed E-state index contributed by atoms with van der Waals surface area (Å²) in [6.45, 7) is -0.614. The van der Waals surface area contributed by atoms with E-state index in [2.05, 4.69) is 15.3 Å². The SMILES string of the molecule is O=C(Nc1cn(Cc2cccc(C(F)(F)F)c2)cn1)c1cnc(CO)c(C(F)F)c1. The average molecular weight is 426 g/mol. The van der Waals surface area contributed by atoms with Gasteiger partial charge in [0, 0.05) is 24.5 Å². The number of aliphatic hydroxyl groups is 1. The first-order valence-corrected chi connectivity index (χ1v) is 8.54. The molecule has 30 heavy (non-hydrogen) atoms. The van der Waals surface area contributed by atoms with Gasteiger partial charge in [-0.2, -0.15) is 13.2 Å². The van der Waals surface area contributed by atoms with Gasteiger partial charge in [-0.1, -0.05) is 12.1 Å². The number of nitrogens with zero attached hydrogens (tertiary/aromatic N) is 3. The molecule has 0 atom stereocenters. The molecule has 0 radical (unpaired) electrons. The molecule has 3 aromatic rings. The Morgan fingerprint density at radius 2 is 1.97 bits per heavy atom. The number of anilines is 1. The number of pyridine rings is 1. The first-order valence-electron chi connectivity index (χ1n) is 8.54. The van der Waals surface area contributed by atoms with E-state index in [0.29, 0.717) is 5.56 Å². The third kappa shape index (κ3) is 4.98. The van der Waals surface area contributed by atoms with Crippen LogP contribution in [0.1, 0.15) is 39.2 Å². The lowest BCUT2D eigenvalue weighted by Crippen LogP contribution is -2.14. The first-order chi connectivity index (χ1) is 14.2. The van der Waals surface area contributed by atoms with Gasteiger partial charge in [-0.05, 0) is 23.8 Å². The highest BCUT2D eigenvalue weighted by atomic mass is 19.4. The summed E-state index contributed by atoms with van der Waals surface area (Å²) in [4.78, 5) is 19.9. The number of imidazole rings is 1. The zero-order chi connectivity index (χ0) is 21.9. The summed E-state index contributed by atoms with van der Waals surface area (Å²) in [5, 5.41) is 11.5. The maximum atomic E-state index is 13.0. The van der Waals surface area contributed by atoms with Gasteiger partial charge in [0.1, 0.15) is 0 Å². The van der Waals surface area contributed by atoms with Crippen molar-refractivity contribution in [3.05, 3.63) is 77.0 Å². The molecule has 1 amide bonds. The number of amides is 1. The van der Waals surface area contributed by atoms with Gasteiger partial charge in [0.15, 0.2) is 5.82 Å². The highest BCUT2D eigenvalue weighted by molar-refractivity contribution is 6.03. The Balaban J connectivity index is 1.72. The number of carbonyl (C=O) groups is 1. The van der Waals surface area contributed by atoms with Crippen molar-refractivity contribution in [3.63, 3.8) is 0 Å². The second-order valence-corrected chi connectivity index (χ2v) is 6.30. The lowest BCUT2D eigenvalue weighted by molar-refractivity contribution is -0.137. The molecule has 6 nitrogen and oxygen atoms in total. The molecule has 0 spiro atoms. The highest BCUT2D eigenvalue weighted by Crippen LogP contribution is 2.29. The number of aliphatic hydroxyl groups excluding tert-OH is 1. The second-order valence-electron chi connectivity index (χ2n) is 6.30. The van der Waals surface area contributed by atoms with Crippen molar-refractivity contribution in [3.8, 4) is 0 Å². The minimum Gasteiger partial charge on any atom is -0.390 e. The molecule has 0 saturated carbocycles. The van der Waals surface area contributed by atoms with E-state index in [1.807, 2.05) is 0 Å². The lowest BCUT2D eigenvalue weighted by Gasteiger charge is -2.09. The molecule has 11 heteroatoms. The normalized spacial score (nSPS) is 11.7. The number of aromatic nitrogens is 3. The molecule has 0 unspecified atom stereocenters. The van der Waals surface area contributed by atoms with Crippen LogP contribution in [0.3, 0.4) is 0 Å². The van der Waals surface area contributed by atoms with Crippen molar-refractivity contribution in [2.75, 3.05) is 5.32 Å². The van der Waals surface area contributed by atoms with Crippen molar-refractivity contribution in [1.29, 1.82) is 0 Å². The fourth-order valence-electron chi connectivity index (χ4n) is 2.71. The predicted molar refractivity (Wildman–Crippen MR) is 95.8 cm³/mol. The zero-order valence-electron chi connectivity index (χ0n) is 15.2. The van der Waals surface area contributed by atoms with E-state index >= 15 is 0 Å². The van der Waals surface area contributed by atoms with E-state index < -0.39 is 36.2 Å². The van der Waals surface area contributed by atoms with E-state index in [9.17, 15) is 26.7 Å². The third-order valence-electron chi connectivity index (χ3n) is 4.15. The molecule has 0 saturated heterocycles. The minimum absolute atomic E-state index is 0.0784. The number of carbonyl (C=O) groups excluding carboxylic acids is 1. The average Bonchev–Trinajstić information content (AvgIpc) is 3.13. The molecule has 2 N–H and O–H groups in total. The fourth-order valence-corrected chi connectivity index (χ4v) is 2.71. The Labute approximate surface area is 167 Å². The van der Waals surface area contributed by atoms with Gasteiger partial charge in [0.2, 0.25) is 0 Å². The van der Waals surface area contributed by atoms with Crippen LogP contribution in [0.25, 0.3) is 0 Å². The molecule has 2 heterocycles. The van der Waals surface area contributed by atoms with E-state index in [4.69, 9.17) is 5.11 Å². The Bertz CT molecular complexity index is 1050. The zero-order valence-corrected chi connectivity index (χ0v) is 15.2. The standard InChI is InChI=1S/C19H15F5N4O2/c20-17(21)14-5-12(6-25-15(14)9-29)18(30)27-16-8-28(10-26-16)7-11-2-1-3-13(4-11)19(22,23)24/h1-6,8,10,17,29H,7,9H2,(H,27,30). The van der Waals surface area contributed by atoms with Gasteiger partial charge >= 0.3 is 6.18 Å². The topological polar surface area (TPSA) is 80.0 Å². The van der Waals surface area contributed by atoms with Gasteiger partial charge < -0.3 is 15.0 Å². The van der Waals surface area contributed by atoms with Crippen LogP contribution in [0.5, 0.6) is 0 Å². The van der Waals surface area contributed by atoms with Crippen molar-refractivity contribution in [2.24, 2.45) is 0 Å². The summed E-state index contributed by atoms with van der Waals surface area (Å²) in [5.41, 5.74) is -1.34. The van der Waals surface area contributed by atoms with E-state index in [-0.39, 0.29) is 23.6 Å². The van der Waals surface area contributed by atoms with Crippen molar-refractivity contribution < 1.29 is 31.9 Å². The van der Waals surface area contributed by atoms with Crippen LogP contribution in [0.4, 0.5) is 27.8 Å². The molecule has 0 bridgehead atoms. The molecule has 2 aromatic heterocycles. The Hall–Kier alpha value is -3.34. The molecular weight excluding hydrogens is 411 g/mol. The predicted octanol–water partition coefficient (Wildman–Crippen LogP) is 4.03. The van der Waals surface area contributed by atoms with E-state index in [0.717, 1.165) is 24.4 Å². The lowest BCUT2D eigenvalue weighted by atomic mass is 10.1. The van der Waals surface area contributed by atoms with Crippen LogP contribution in [-0.2, 0) is 19.3 Å². The van der Waals surface area contributed by atoms with Gasteiger partial charge in [-0.3, -0.25) is 9.78 Å². The largest absolute Gasteiger partial charge is 0.416 e. The van der Waals surface area contributed by atoms with Crippen LogP contribution in [-0.4, -0.2) is 25.5 Å². The summed E-state index contributed by atoms with van der Waals surface area (Å²) in [6.07, 6.45) is -3.62. The number of hydrogen-bond donors (Lipinski definition) is 2. The Kier molecular flexibility index (Phi) is 6.11.